The lowest BCUT2D eigenvalue weighted by Crippen LogP contribution is -2.47. The monoisotopic (exact) mass is 328 g/mol. The molecular weight excluding hydrogens is 292 g/mol. The maximum atomic E-state index is 11.7. The summed E-state index contributed by atoms with van der Waals surface area (Å²) in [7, 11) is 4.27. The molecule has 23 heavy (non-hydrogen) atoms. The van der Waals surface area contributed by atoms with Crippen molar-refractivity contribution >= 4 is 6.09 Å². The van der Waals surface area contributed by atoms with Crippen LogP contribution in [0.4, 0.5) is 4.79 Å². The van der Waals surface area contributed by atoms with Gasteiger partial charge in [0.2, 0.25) is 0 Å². The van der Waals surface area contributed by atoms with Crippen molar-refractivity contribution in [1.29, 1.82) is 0 Å². The predicted molar refractivity (Wildman–Crippen MR) is 94.5 cm³/mol. The van der Waals surface area contributed by atoms with Gasteiger partial charge in [0, 0.05) is 25.7 Å². The standard InChI is InChI=1S/C17H36N4O2/c1-17(2,3)23-16(22)19-9-6-15(12-18)21-10-7-14(8-11-21)13-20(4)5/h14-15H,6-13,18H2,1-5H3,(H,19,22). The second-order valence-electron chi connectivity index (χ2n) is 7.85. The van der Waals surface area contributed by atoms with E-state index in [2.05, 4.69) is 29.2 Å². The minimum absolute atomic E-state index is 0.338. The van der Waals surface area contributed by atoms with Gasteiger partial charge in [-0.1, -0.05) is 0 Å². The molecular formula is C17H36N4O2. The minimum Gasteiger partial charge on any atom is -0.444 e. The Bertz CT molecular complexity index is 347. The largest absolute Gasteiger partial charge is 0.444 e. The Morgan fingerprint density at radius 2 is 1.96 bits per heavy atom. The zero-order valence-electron chi connectivity index (χ0n) is 15.6. The molecule has 1 saturated heterocycles. The first kappa shape index (κ1) is 20.2. The van der Waals surface area contributed by atoms with Gasteiger partial charge in [0.05, 0.1) is 0 Å². The van der Waals surface area contributed by atoms with Gasteiger partial charge in [0.1, 0.15) is 5.60 Å². The quantitative estimate of drug-likeness (QED) is 0.741. The lowest BCUT2D eigenvalue weighted by atomic mass is 9.95. The highest BCUT2D eigenvalue weighted by atomic mass is 16.6. The number of nitrogens with zero attached hydrogens (tertiary/aromatic N) is 2. The van der Waals surface area contributed by atoms with E-state index in [1.807, 2.05) is 20.8 Å². The van der Waals surface area contributed by atoms with E-state index in [0.717, 1.165) is 25.4 Å². The maximum absolute atomic E-state index is 11.7. The molecule has 1 atom stereocenters. The van der Waals surface area contributed by atoms with Crippen molar-refractivity contribution in [3.05, 3.63) is 0 Å². The molecule has 0 aromatic carbocycles. The molecule has 6 nitrogen and oxygen atoms in total. The van der Waals surface area contributed by atoms with Gasteiger partial charge in [0.15, 0.2) is 0 Å². The number of hydrogen-bond donors (Lipinski definition) is 2. The lowest BCUT2D eigenvalue weighted by Gasteiger charge is -2.38. The smallest absolute Gasteiger partial charge is 0.407 e. The number of ether oxygens (including phenoxy) is 1. The molecule has 0 bridgehead atoms. The van der Waals surface area contributed by atoms with Crippen LogP contribution in [0, 0.1) is 5.92 Å². The SMILES string of the molecule is CN(C)CC1CCN(C(CN)CCNC(=O)OC(C)(C)C)CC1. The summed E-state index contributed by atoms with van der Waals surface area (Å²) in [6.45, 7) is 10.2. The molecule has 0 radical (unpaired) electrons. The second-order valence-corrected chi connectivity index (χ2v) is 7.85. The predicted octanol–water partition coefficient (Wildman–Crippen LogP) is 1.50. The average Bonchev–Trinajstić information content (AvgIpc) is 2.42. The molecule has 0 aromatic rings. The molecule has 3 N–H and O–H groups in total. The summed E-state index contributed by atoms with van der Waals surface area (Å²) in [5.74, 6) is 0.791. The summed E-state index contributed by atoms with van der Waals surface area (Å²) in [6, 6.07) is 0.338. The number of carbonyl (C=O) groups is 1. The second kappa shape index (κ2) is 9.45. The molecule has 0 spiro atoms. The van der Waals surface area contributed by atoms with Gasteiger partial charge >= 0.3 is 6.09 Å². The number of likely N-dealkylation sites (tertiary alicyclic amines) is 1. The summed E-state index contributed by atoms with van der Waals surface area (Å²) in [5, 5.41) is 2.83. The van der Waals surface area contributed by atoms with Crippen LogP contribution in [-0.2, 0) is 4.74 Å². The van der Waals surface area contributed by atoms with Gasteiger partial charge < -0.3 is 20.7 Å². The molecule has 1 fully saturated rings. The van der Waals surface area contributed by atoms with E-state index in [0.29, 0.717) is 19.1 Å². The minimum atomic E-state index is -0.453. The van der Waals surface area contributed by atoms with Crippen LogP contribution in [0.5, 0.6) is 0 Å². The first-order valence-corrected chi connectivity index (χ1v) is 8.77. The van der Waals surface area contributed by atoms with E-state index in [1.54, 1.807) is 0 Å². The summed E-state index contributed by atoms with van der Waals surface area (Å²) in [6.07, 6.45) is 2.98. The van der Waals surface area contributed by atoms with E-state index in [4.69, 9.17) is 10.5 Å². The fourth-order valence-corrected chi connectivity index (χ4v) is 3.12. The van der Waals surface area contributed by atoms with Gasteiger partial charge in [-0.25, -0.2) is 4.79 Å². The van der Waals surface area contributed by atoms with Crippen molar-refractivity contribution in [2.75, 3.05) is 46.8 Å². The number of alkyl carbamates (subject to hydrolysis) is 1. The third-order valence-electron chi connectivity index (χ3n) is 4.21. The summed E-state index contributed by atoms with van der Waals surface area (Å²) in [4.78, 5) is 16.4. The van der Waals surface area contributed by atoms with E-state index in [1.165, 1.54) is 19.4 Å². The van der Waals surface area contributed by atoms with Crippen molar-refractivity contribution in [2.45, 2.75) is 51.7 Å². The Kier molecular flexibility index (Phi) is 8.29. The van der Waals surface area contributed by atoms with Crippen LogP contribution in [0.15, 0.2) is 0 Å². The third-order valence-corrected chi connectivity index (χ3v) is 4.21. The van der Waals surface area contributed by atoms with Crippen LogP contribution in [0.2, 0.25) is 0 Å². The van der Waals surface area contributed by atoms with Gasteiger partial charge in [0.25, 0.3) is 0 Å². The highest BCUT2D eigenvalue weighted by molar-refractivity contribution is 5.67. The third kappa shape index (κ3) is 8.53. The van der Waals surface area contributed by atoms with Crippen LogP contribution in [-0.4, -0.2) is 74.4 Å². The molecule has 0 saturated carbocycles. The van der Waals surface area contributed by atoms with Crippen LogP contribution in [0.3, 0.4) is 0 Å². The van der Waals surface area contributed by atoms with Crippen molar-refractivity contribution in [3.63, 3.8) is 0 Å². The molecule has 1 aliphatic heterocycles. The normalized spacial score (nSPS) is 18.9. The number of carbonyl (C=O) groups excluding carboxylic acids is 1. The first-order valence-electron chi connectivity index (χ1n) is 8.77. The molecule has 1 aliphatic rings. The summed E-state index contributed by atoms with van der Waals surface area (Å²) >= 11 is 0. The molecule has 1 rings (SSSR count). The summed E-state index contributed by atoms with van der Waals surface area (Å²) in [5.41, 5.74) is 5.49. The van der Waals surface area contributed by atoms with Crippen LogP contribution in [0.1, 0.15) is 40.0 Å². The number of hydrogen-bond acceptors (Lipinski definition) is 5. The molecule has 1 unspecified atom stereocenters. The zero-order chi connectivity index (χ0) is 17.5. The van der Waals surface area contributed by atoms with Gasteiger partial charge in [-0.3, -0.25) is 4.90 Å². The maximum Gasteiger partial charge on any atom is 0.407 e. The molecule has 1 amide bonds. The zero-order valence-corrected chi connectivity index (χ0v) is 15.6. The van der Waals surface area contributed by atoms with E-state index >= 15 is 0 Å². The van der Waals surface area contributed by atoms with Crippen LogP contribution >= 0.6 is 0 Å². The Hall–Kier alpha value is -0.850. The van der Waals surface area contributed by atoms with Crippen molar-refractivity contribution in [2.24, 2.45) is 11.7 Å². The highest BCUT2D eigenvalue weighted by Gasteiger charge is 2.24. The highest BCUT2D eigenvalue weighted by Crippen LogP contribution is 2.20. The first-order chi connectivity index (χ1) is 10.7. The van der Waals surface area contributed by atoms with Crippen LogP contribution in [0.25, 0.3) is 0 Å². The Labute approximate surface area is 141 Å². The number of nitrogens with two attached hydrogens (primary N) is 1. The van der Waals surface area contributed by atoms with Crippen molar-refractivity contribution < 1.29 is 9.53 Å². The van der Waals surface area contributed by atoms with Crippen molar-refractivity contribution in [1.82, 2.24) is 15.1 Å². The Morgan fingerprint density at radius 3 is 2.43 bits per heavy atom. The molecule has 0 aromatic heterocycles. The number of nitrogens with one attached hydrogen (secondary N) is 1. The molecule has 6 heteroatoms. The number of amides is 1. The lowest BCUT2D eigenvalue weighted by molar-refractivity contribution is 0.0518. The fraction of sp³-hybridized carbons (Fsp3) is 0.941. The van der Waals surface area contributed by atoms with Gasteiger partial charge in [-0.2, -0.15) is 0 Å². The van der Waals surface area contributed by atoms with Gasteiger partial charge in [-0.15, -0.1) is 0 Å². The van der Waals surface area contributed by atoms with E-state index in [9.17, 15) is 4.79 Å². The number of piperidine rings is 1. The van der Waals surface area contributed by atoms with E-state index < -0.39 is 5.60 Å². The molecule has 1 heterocycles. The topological polar surface area (TPSA) is 70.8 Å². The molecule has 0 aliphatic carbocycles. The number of rotatable bonds is 7. The van der Waals surface area contributed by atoms with E-state index in [-0.39, 0.29) is 6.09 Å². The summed E-state index contributed by atoms with van der Waals surface area (Å²) < 4.78 is 5.25. The Balaban J connectivity index is 2.28. The molecule has 136 valence electrons. The van der Waals surface area contributed by atoms with Crippen LogP contribution < -0.4 is 11.1 Å². The van der Waals surface area contributed by atoms with Gasteiger partial charge in [-0.05, 0) is 73.1 Å². The fourth-order valence-electron chi connectivity index (χ4n) is 3.12. The Morgan fingerprint density at radius 1 is 1.35 bits per heavy atom. The average molecular weight is 329 g/mol. The van der Waals surface area contributed by atoms with Crippen molar-refractivity contribution in [3.8, 4) is 0 Å².